The molecule has 19 heavy (non-hydrogen) atoms. The van der Waals surface area contributed by atoms with E-state index in [1.165, 1.54) is 0 Å². The molecular formula is C13H19N3O3. The van der Waals surface area contributed by atoms with Gasteiger partial charge in [-0.05, 0) is 19.3 Å². The van der Waals surface area contributed by atoms with Crippen molar-refractivity contribution in [3.63, 3.8) is 0 Å². The lowest BCUT2D eigenvalue weighted by Crippen LogP contribution is -2.36. The summed E-state index contributed by atoms with van der Waals surface area (Å²) in [7, 11) is 0. The summed E-state index contributed by atoms with van der Waals surface area (Å²) >= 11 is 0. The Labute approximate surface area is 112 Å². The first-order valence-electron chi connectivity index (χ1n) is 7.01. The van der Waals surface area contributed by atoms with E-state index in [4.69, 9.17) is 9.26 Å². The zero-order valence-electron chi connectivity index (χ0n) is 11.0. The molecule has 3 rings (SSSR count). The van der Waals surface area contributed by atoms with Crippen LogP contribution in [0.3, 0.4) is 0 Å². The first kappa shape index (κ1) is 12.6. The number of carbonyl (C=O) groups is 1. The molecule has 0 bridgehead atoms. The van der Waals surface area contributed by atoms with Crippen LogP contribution in [0.2, 0.25) is 0 Å². The van der Waals surface area contributed by atoms with Crippen molar-refractivity contribution >= 4 is 5.91 Å². The third-order valence-corrected chi connectivity index (χ3v) is 3.80. The molecule has 1 atom stereocenters. The summed E-state index contributed by atoms with van der Waals surface area (Å²) in [5.74, 6) is 1.89. The van der Waals surface area contributed by atoms with Crippen LogP contribution >= 0.6 is 0 Å². The highest BCUT2D eigenvalue weighted by Crippen LogP contribution is 2.22. The normalized spacial score (nSPS) is 24.1. The molecule has 0 spiro atoms. The lowest BCUT2D eigenvalue weighted by Gasteiger charge is -2.25. The Kier molecular flexibility index (Phi) is 3.77. The minimum absolute atomic E-state index is 0.246. The van der Waals surface area contributed by atoms with Crippen molar-refractivity contribution in [1.29, 1.82) is 0 Å². The van der Waals surface area contributed by atoms with Crippen LogP contribution in [0.15, 0.2) is 4.52 Å². The molecule has 6 heteroatoms. The first-order valence-corrected chi connectivity index (χ1v) is 7.01. The fraction of sp³-hybridized carbons (Fsp3) is 0.769. The summed E-state index contributed by atoms with van der Waals surface area (Å²) < 4.78 is 10.6. The minimum Gasteiger partial charge on any atom is -0.381 e. The highest BCUT2D eigenvalue weighted by atomic mass is 16.5. The third kappa shape index (κ3) is 2.94. The summed E-state index contributed by atoms with van der Waals surface area (Å²) in [5, 5.41) is 4.01. The second-order valence-corrected chi connectivity index (χ2v) is 5.19. The second kappa shape index (κ2) is 5.69. The highest BCUT2D eigenvalue weighted by Gasteiger charge is 2.24. The third-order valence-electron chi connectivity index (χ3n) is 3.80. The molecule has 3 heterocycles. The quantitative estimate of drug-likeness (QED) is 0.816. The monoisotopic (exact) mass is 265 g/mol. The van der Waals surface area contributed by atoms with Gasteiger partial charge in [-0.3, -0.25) is 4.79 Å². The number of aromatic nitrogens is 2. The van der Waals surface area contributed by atoms with E-state index in [0.29, 0.717) is 31.9 Å². The van der Waals surface area contributed by atoms with Gasteiger partial charge in [0.2, 0.25) is 11.8 Å². The van der Waals surface area contributed by atoms with Crippen LogP contribution in [-0.2, 0) is 16.0 Å². The van der Waals surface area contributed by atoms with Crippen LogP contribution < -0.4 is 0 Å². The Bertz CT molecular complexity index is 440. The molecule has 1 aromatic rings. The summed E-state index contributed by atoms with van der Waals surface area (Å²) in [5.41, 5.74) is 0. The van der Waals surface area contributed by atoms with Gasteiger partial charge in [-0.1, -0.05) is 5.16 Å². The van der Waals surface area contributed by atoms with Crippen LogP contribution in [0.5, 0.6) is 0 Å². The number of piperidine rings is 1. The smallest absolute Gasteiger partial charge is 0.228 e. The molecule has 0 saturated carbocycles. The van der Waals surface area contributed by atoms with E-state index in [0.717, 1.165) is 38.2 Å². The molecule has 2 fully saturated rings. The lowest BCUT2D eigenvalue weighted by atomic mass is 10.1. The standard InChI is InChI=1S/C13H19N3O3/c17-12-3-1-2-6-16(12)7-4-11-14-13(15-19-11)10-5-8-18-9-10/h10H,1-9H2. The number of carbonyl (C=O) groups excluding carboxylic acids is 1. The summed E-state index contributed by atoms with van der Waals surface area (Å²) in [4.78, 5) is 18.0. The van der Waals surface area contributed by atoms with Gasteiger partial charge in [-0.15, -0.1) is 0 Å². The van der Waals surface area contributed by atoms with Crippen molar-refractivity contribution in [1.82, 2.24) is 15.0 Å². The number of amides is 1. The van der Waals surface area contributed by atoms with Gasteiger partial charge >= 0.3 is 0 Å². The summed E-state index contributed by atoms with van der Waals surface area (Å²) in [6.07, 6.45) is 4.40. The van der Waals surface area contributed by atoms with Gasteiger partial charge in [0.15, 0.2) is 5.82 Å². The van der Waals surface area contributed by atoms with E-state index >= 15 is 0 Å². The maximum atomic E-state index is 11.7. The largest absolute Gasteiger partial charge is 0.381 e. The molecule has 0 N–H and O–H groups in total. The molecule has 1 amide bonds. The second-order valence-electron chi connectivity index (χ2n) is 5.19. The van der Waals surface area contributed by atoms with Crippen molar-refractivity contribution in [2.75, 3.05) is 26.3 Å². The van der Waals surface area contributed by atoms with Crippen LogP contribution in [0.25, 0.3) is 0 Å². The highest BCUT2D eigenvalue weighted by molar-refractivity contribution is 5.76. The fourth-order valence-corrected chi connectivity index (χ4v) is 2.60. The predicted molar refractivity (Wildman–Crippen MR) is 66.6 cm³/mol. The van der Waals surface area contributed by atoms with Gasteiger partial charge in [-0.2, -0.15) is 4.98 Å². The molecular weight excluding hydrogens is 246 g/mol. The van der Waals surface area contributed by atoms with Gasteiger partial charge < -0.3 is 14.2 Å². The maximum Gasteiger partial charge on any atom is 0.228 e. The fourth-order valence-electron chi connectivity index (χ4n) is 2.60. The van der Waals surface area contributed by atoms with Gasteiger partial charge in [-0.25, -0.2) is 0 Å². The molecule has 104 valence electrons. The molecule has 0 aliphatic carbocycles. The number of likely N-dealkylation sites (tertiary alicyclic amines) is 1. The topological polar surface area (TPSA) is 68.5 Å². The Morgan fingerprint density at radius 3 is 3.11 bits per heavy atom. The number of nitrogens with zero attached hydrogens (tertiary/aromatic N) is 3. The molecule has 1 aromatic heterocycles. The van der Waals surface area contributed by atoms with Crippen LogP contribution in [-0.4, -0.2) is 47.3 Å². The summed E-state index contributed by atoms with van der Waals surface area (Å²) in [6, 6.07) is 0. The van der Waals surface area contributed by atoms with Crippen molar-refractivity contribution in [3.8, 4) is 0 Å². The van der Waals surface area contributed by atoms with Crippen molar-refractivity contribution in [2.45, 2.75) is 38.0 Å². The molecule has 6 nitrogen and oxygen atoms in total. The van der Waals surface area contributed by atoms with Gasteiger partial charge in [0, 0.05) is 38.5 Å². The summed E-state index contributed by atoms with van der Waals surface area (Å²) in [6.45, 7) is 3.00. The van der Waals surface area contributed by atoms with Crippen molar-refractivity contribution in [3.05, 3.63) is 11.7 Å². The van der Waals surface area contributed by atoms with Crippen LogP contribution in [0, 0.1) is 0 Å². The number of hydrogen-bond donors (Lipinski definition) is 0. The van der Waals surface area contributed by atoms with Crippen LogP contribution in [0.1, 0.15) is 43.3 Å². The Morgan fingerprint density at radius 1 is 1.37 bits per heavy atom. The number of ether oxygens (including phenoxy) is 1. The molecule has 0 radical (unpaired) electrons. The van der Waals surface area contributed by atoms with Crippen molar-refractivity contribution < 1.29 is 14.1 Å². The average molecular weight is 265 g/mol. The zero-order valence-corrected chi connectivity index (χ0v) is 11.0. The molecule has 2 saturated heterocycles. The predicted octanol–water partition coefficient (Wildman–Crippen LogP) is 1.13. The SMILES string of the molecule is O=C1CCCCN1CCc1nc(C2CCOC2)no1. The Hall–Kier alpha value is -1.43. The van der Waals surface area contributed by atoms with Crippen molar-refractivity contribution in [2.24, 2.45) is 0 Å². The van der Waals surface area contributed by atoms with Crippen LogP contribution in [0.4, 0.5) is 0 Å². The molecule has 1 unspecified atom stereocenters. The molecule has 2 aliphatic heterocycles. The zero-order chi connectivity index (χ0) is 13.1. The first-order chi connectivity index (χ1) is 9.33. The van der Waals surface area contributed by atoms with E-state index in [-0.39, 0.29) is 11.8 Å². The van der Waals surface area contributed by atoms with E-state index in [9.17, 15) is 4.79 Å². The van der Waals surface area contributed by atoms with Gasteiger partial charge in [0.05, 0.1) is 6.61 Å². The number of hydrogen-bond acceptors (Lipinski definition) is 5. The lowest BCUT2D eigenvalue weighted by molar-refractivity contribution is -0.133. The minimum atomic E-state index is 0.246. The molecule has 0 aromatic carbocycles. The molecule has 2 aliphatic rings. The Morgan fingerprint density at radius 2 is 2.32 bits per heavy atom. The van der Waals surface area contributed by atoms with E-state index in [2.05, 4.69) is 10.1 Å². The maximum absolute atomic E-state index is 11.7. The van der Waals surface area contributed by atoms with Gasteiger partial charge in [0.1, 0.15) is 0 Å². The van der Waals surface area contributed by atoms with E-state index in [1.807, 2.05) is 4.90 Å². The number of rotatable bonds is 4. The average Bonchev–Trinajstić information content (AvgIpc) is 3.09. The van der Waals surface area contributed by atoms with Gasteiger partial charge in [0.25, 0.3) is 0 Å². The van der Waals surface area contributed by atoms with E-state index < -0.39 is 0 Å². The Balaban J connectivity index is 1.53. The van der Waals surface area contributed by atoms with E-state index in [1.54, 1.807) is 0 Å².